The van der Waals surface area contributed by atoms with Gasteiger partial charge in [-0.1, -0.05) is 131 Å². The molecule has 0 spiro atoms. The van der Waals surface area contributed by atoms with Crippen molar-refractivity contribution in [3.05, 3.63) is 0 Å². The van der Waals surface area contributed by atoms with Crippen molar-refractivity contribution in [1.82, 2.24) is 0 Å². The lowest BCUT2D eigenvalue weighted by Gasteiger charge is -2.51. The van der Waals surface area contributed by atoms with Crippen LogP contribution in [0.3, 0.4) is 0 Å². The summed E-state index contributed by atoms with van der Waals surface area (Å²) in [5, 5.41) is 0. The molecule has 0 radical (unpaired) electrons. The minimum Gasteiger partial charge on any atom is -0.0599 e. The van der Waals surface area contributed by atoms with Crippen LogP contribution < -0.4 is 0 Å². The number of hydrogen-bond donors (Lipinski definition) is 0. The summed E-state index contributed by atoms with van der Waals surface area (Å²) in [6, 6.07) is 0. The Morgan fingerprint density at radius 2 is 0.472 bits per heavy atom. The summed E-state index contributed by atoms with van der Waals surface area (Å²) >= 11 is 0. The minimum atomic E-state index is 0.508. The third-order valence-electron chi connectivity index (χ3n) is 10.3. The second kappa shape index (κ2) is 11.2. The summed E-state index contributed by atoms with van der Waals surface area (Å²) in [5.41, 5.74) is 3.14. The molecule has 3 aliphatic rings. The van der Waals surface area contributed by atoms with Gasteiger partial charge in [0.05, 0.1) is 0 Å². The van der Waals surface area contributed by atoms with Gasteiger partial charge >= 0.3 is 0 Å². The summed E-state index contributed by atoms with van der Waals surface area (Å²) in [4.78, 5) is 0. The molecule has 0 N–H and O–H groups in total. The van der Waals surface area contributed by atoms with Gasteiger partial charge in [0.2, 0.25) is 0 Å². The Labute approximate surface area is 231 Å². The van der Waals surface area contributed by atoms with E-state index in [1.165, 1.54) is 38.5 Å². The van der Waals surface area contributed by atoms with Crippen molar-refractivity contribution in [2.45, 2.75) is 163 Å². The standard InChI is InChI=1S/C13H26.C12H24.C11H22/c1-12(2,3)10-8-7-9-11(10)13(4,5)6;1-11(2,3)9-7-8-10(9)12(4,5)6;1-10(2,3)8-7-9(8)11(4,5)6/h10-11H,7-9H2,1-6H3;9-10H,7-8H2,1-6H3;8-9H,7H2,1-6H3. The van der Waals surface area contributed by atoms with E-state index in [4.69, 9.17) is 0 Å². The monoisotopic (exact) mass is 505 g/mol. The van der Waals surface area contributed by atoms with Crippen LogP contribution in [-0.2, 0) is 0 Å². The lowest BCUT2D eigenvalue weighted by atomic mass is 9.54. The van der Waals surface area contributed by atoms with E-state index in [9.17, 15) is 0 Å². The van der Waals surface area contributed by atoms with Gasteiger partial charge in [0.25, 0.3) is 0 Å². The molecule has 0 heterocycles. The maximum absolute atomic E-state index is 2.40. The fourth-order valence-electron chi connectivity index (χ4n) is 7.72. The second-order valence-corrected chi connectivity index (χ2v) is 19.6. The highest BCUT2D eigenvalue weighted by Gasteiger charge is 2.50. The van der Waals surface area contributed by atoms with E-state index in [1.54, 1.807) is 0 Å². The molecule has 0 heteroatoms. The fourth-order valence-corrected chi connectivity index (χ4v) is 7.72. The topological polar surface area (TPSA) is 0 Å². The molecule has 0 nitrogen and oxygen atoms in total. The van der Waals surface area contributed by atoms with E-state index in [2.05, 4.69) is 125 Å². The van der Waals surface area contributed by atoms with Crippen molar-refractivity contribution in [2.24, 2.45) is 68.0 Å². The normalized spacial score (nSPS) is 31.5. The Balaban J connectivity index is 0.000000271. The molecule has 0 aromatic heterocycles. The molecule has 0 amide bonds. The first-order valence-electron chi connectivity index (χ1n) is 15.7. The molecule has 216 valence electrons. The average molecular weight is 505 g/mol. The van der Waals surface area contributed by atoms with Crippen LogP contribution in [0.25, 0.3) is 0 Å². The van der Waals surface area contributed by atoms with Crippen molar-refractivity contribution in [3.8, 4) is 0 Å². The van der Waals surface area contributed by atoms with Crippen LogP contribution in [0.15, 0.2) is 0 Å². The van der Waals surface area contributed by atoms with Gasteiger partial charge in [0.15, 0.2) is 0 Å². The van der Waals surface area contributed by atoms with Gasteiger partial charge in [0, 0.05) is 0 Å². The Bertz CT molecular complexity index is 594. The molecule has 3 aliphatic carbocycles. The fraction of sp³-hybridized carbons (Fsp3) is 1.00. The molecule has 0 bridgehead atoms. The minimum absolute atomic E-state index is 0.508. The van der Waals surface area contributed by atoms with Crippen molar-refractivity contribution in [3.63, 3.8) is 0 Å². The van der Waals surface area contributed by atoms with Crippen molar-refractivity contribution < 1.29 is 0 Å². The van der Waals surface area contributed by atoms with Crippen molar-refractivity contribution in [2.75, 3.05) is 0 Å². The summed E-state index contributed by atoms with van der Waals surface area (Å²) in [7, 11) is 0. The van der Waals surface area contributed by atoms with Crippen LogP contribution in [0.5, 0.6) is 0 Å². The van der Waals surface area contributed by atoms with E-state index in [0.29, 0.717) is 32.5 Å². The molecular formula is C36H72. The molecule has 0 aliphatic heterocycles. The smallest absolute Gasteiger partial charge is 0.0329 e. The van der Waals surface area contributed by atoms with E-state index >= 15 is 0 Å². The Morgan fingerprint density at radius 1 is 0.278 bits per heavy atom. The zero-order chi connectivity index (χ0) is 28.7. The van der Waals surface area contributed by atoms with Gasteiger partial charge in [-0.2, -0.15) is 0 Å². The average Bonchev–Trinajstić information content (AvgIpc) is 3.19. The van der Waals surface area contributed by atoms with Crippen LogP contribution in [0, 0.1) is 68.0 Å². The van der Waals surface area contributed by atoms with Crippen LogP contribution in [0.4, 0.5) is 0 Å². The molecule has 6 atom stereocenters. The van der Waals surface area contributed by atoms with E-state index in [0.717, 1.165) is 35.5 Å². The van der Waals surface area contributed by atoms with Gasteiger partial charge in [0.1, 0.15) is 0 Å². The lowest BCUT2D eigenvalue weighted by Crippen LogP contribution is -2.43. The third-order valence-corrected chi connectivity index (χ3v) is 10.3. The zero-order valence-electron chi connectivity index (χ0n) is 28.7. The van der Waals surface area contributed by atoms with Crippen molar-refractivity contribution >= 4 is 0 Å². The van der Waals surface area contributed by atoms with Crippen LogP contribution in [-0.4, -0.2) is 0 Å². The molecule has 0 aromatic carbocycles. The molecular weight excluding hydrogens is 432 g/mol. The van der Waals surface area contributed by atoms with Gasteiger partial charge in [-0.25, -0.2) is 0 Å². The zero-order valence-corrected chi connectivity index (χ0v) is 28.7. The Hall–Kier alpha value is 0. The Kier molecular flexibility index (Phi) is 10.6. The first kappa shape index (κ1) is 34.0. The maximum Gasteiger partial charge on any atom is -0.0329 e. The van der Waals surface area contributed by atoms with Gasteiger partial charge in [-0.15, -0.1) is 0 Å². The van der Waals surface area contributed by atoms with E-state index < -0.39 is 0 Å². The lowest BCUT2D eigenvalue weighted by molar-refractivity contribution is -0.0163. The third kappa shape index (κ3) is 9.95. The predicted octanol–water partition coefficient (Wildman–Crippen LogP) is 12.3. The predicted molar refractivity (Wildman–Crippen MR) is 165 cm³/mol. The molecule has 3 fully saturated rings. The molecule has 3 saturated carbocycles. The summed E-state index contributed by atoms with van der Waals surface area (Å²) in [6.07, 6.45) is 8.70. The SMILES string of the molecule is CC(C)(C)C1CC1C(C)(C)C.CC(C)(C)C1CCC1C(C)(C)C.CC(C)(C)C1CCCC1C(C)(C)C. The summed E-state index contributed by atoms with van der Waals surface area (Å²) in [6.45, 7) is 42.9. The highest BCUT2D eigenvalue weighted by molar-refractivity contribution is 4.99. The van der Waals surface area contributed by atoms with Crippen LogP contribution in [0.1, 0.15) is 163 Å². The highest BCUT2D eigenvalue weighted by Crippen LogP contribution is 2.58. The first-order chi connectivity index (χ1) is 15.7. The highest BCUT2D eigenvalue weighted by atomic mass is 14.6. The van der Waals surface area contributed by atoms with Crippen molar-refractivity contribution in [1.29, 1.82) is 0 Å². The molecule has 6 unspecified atom stereocenters. The molecule has 0 aromatic rings. The van der Waals surface area contributed by atoms with E-state index in [1.807, 2.05) is 0 Å². The maximum atomic E-state index is 2.40. The van der Waals surface area contributed by atoms with Crippen LogP contribution in [0.2, 0.25) is 0 Å². The van der Waals surface area contributed by atoms with Crippen LogP contribution >= 0.6 is 0 Å². The van der Waals surface area contributed by atoms with Gasteiger partial charge < -0.3 is 0 Å². The van der Waals surface area contributed by atoms with Gasteiger partial charge in [-0.05, 0) is 100 Å². The second-order valence-electron chi connectivity index (χ2n) is 19.6. The van der Waals surface area contributed by atoms with E-state index in [-0.39, 0.29) is 0 Å². The molecule has 0 saturated heterocycles. The first-order valence-corrected chi connectivity index (χ1v) is 15.7. The number of hydrogen-bond acceptors (Lipinski definition) is 0. The summed E-state index contributed by atoms with van der Waals surface area (Å²) < 4.78 is 0. The quantitative estimate of drug-likeness (QED) is 0.307. The molecule has 36 heavy (non-hydrogen) atoms. The van der Waals surface area contributed by atoms with Gasteiger partial charge in [-0.3, -0.25) is 0 Å². The number of rotatable bonds is 0. The summed E-state index contributed by atoms with van der Waals surface area (Å²) in [5.74, 6) is 5.74. The largest absolute Gasteiger partial charge is 0.0599 e. The Morgan fingerprint density at radius 3 is 0.611 bits per heavy atom. The molecule has 3 rings (SSSR count).